The Bertz CT molecular complexity index is 1340. The van der Waals surface area contributed by atoms with Crippen LogP contribution in [-0.4, -0.2) is 25.5 Å². The molecular weight excluding hydrogens is 400 g/mol. The highest BCUT2D eigenvalue weighted by Crippen LogP contribution is 2.26. The summed E-state index contributed by atoms with van der Waals surface area (Å²) in [5.41, 5.74) is 3.20. The van der Waals surface area contributed by atoms with Crippen molar-refractivity contribution in [3.05, 3.63) is 101 Å². The molecule has 0 aliphatic heterocycles. The average molecular weight is 415 g/mol. The highest BCUT2D eigenvalue weighted by Gasteiger charge is 2.22. The molecule has 146 valence electrons. The second kappa shape index (κ2) is 7.57. The van der Waals surface area contributed by atoms with Gasteiger partial charge in [0.1, 0.15) is 0 Å². The molecule has 0 aliphatic rings. The summed E-state index contributed by atoms with van der Waals surface area (Å²) in [7, 11) is 0. The number of hydrogen-bond donors (Lipinski definition) is 0. The Morgan fingerprint density at radius 3 is 2.63 bits per heavy atom. The molecule has 0 unspecified atom stereocenters. The predicted molar refractivity (Wildman–Crippen MR) is 113 cm³/mol. The molecule has 30 heavy (non-hydrogen) atoms. The molecule has 3 heterocycles. The number of fused-ring (bicyclic) bond motifs is 1. The summed E-state index contributed by atoms with van der Waals surface area (Å²) < 4.78 is 7.67. The molecule has 3 aromatic heterocycles. The number of hydrogen-bond acceptors (Lipinski definition) is 5. The monoisotopic (exact) mass is 414 g/mol. The van der Waals surface area contributed by atoms with Crippen LogP contribution in [0.4, 0.5) is 0 Å². The van der Waals surface area contributed by atoms with E-state index in [9.17, 15) is 4.79 Å². The van der Waals surface area contributed by atoms with Crippen molar-refractivity contribution < 1.29 is 9.21 Å². The molecule has 0 amide bonds. The van der Waals surface area contributed by atoms with Crippen LogP contribution in [0.3, 0.4) is 0 Å². The van der Waals surface area contributed by atoms with Crippen molar-refractivity contribution in [1.29, 1.82) is 0 Å². The number of carbonyl (C=O) groups is 1. The van der Waals surface area contributed by atoms with Crippen LogP contribution in [0.25, 0.3) is 22.4 Å². The van der Waals surface area contributed by atoms with Gasteiger partial charge in [-0.15, -0.1) is 10.2 Å². The smallest absolute Gasteiger partial charge is 0.289 e. The fourth-order valence-corrected chi connectivity index (χ4v) is 3.51. The van der Waals surface area contributed by atoms with Crippen molar-refractivity contribution >= 4 is 28.3 Å². The topological polar surface area (TPSA) is 73.8 Å². The third-order valence-electron chi connectivity index (χ3n) is 4.83. The molecule has 7 heteroatoms. The highest BCUT2D eigenvalue weighted by molar-refractivity contribution is 6.30. The average Bonchev–Trinajstić information content (AvgIpc) is 3.42. The number of para-hydroxylation sites is 1. The van der Waals surface area contributed by atoms with Gasteiger partial charge >= 0.3 is 0 Å². The molecule has 0 radical (unpaired) electrons. The van der Waals surface area contributed by atoms with Crippen molar-refractivity contribution in [2.75, 3.05) is 0 Å². The maximum Gasteiger partial charge on any atom is 0.289 e. The number of nitrogens with zero attached hydrogens (tertiary/aromatic N) is 4. The van der Waals surface area contributed by atoms with E-state index in [1.54, 1.807) is 24.5 Å². The third-order valence-corrected chi connectivity index (χ3v) is 5.08. The Morgan fingerprint density at radius 1 is 1.00 bits per heavy atom. The fourth-order valence-electron chi connectivity index (χ4n) is 3.38. The Morgan fingerprint density at radius 2 is 1.83 bits per heavy atom. The molecule has 6 nitrogen and oxygen atoms in total. The zero-order chi connectivity index (χ0) is 20.5. The first-order chi connectivity index (χ1) is 14.7. The largest absolute Gasteiger partial charge is 0.413 e. The second-order valence-electron chi connectivity index (χ2n) is 6.80. The lowest BCUT2D eigenvalue weighted by Gasteiger charge is -2.05. The second-order valence-corrected chi connectivity index (χ2v) is 7.23. The summed E-state index contributed by atoms with van der Waals surface area (Å²) in [6, 6.07) is 19.0. The zero-order valence-corrected chi connectivity index (χ0v) is 16.5. The van der Waals surface area contributed by atoms with Gasteiger partial charge in [-0.1, -0.05) is 41.9 Å². The van der Waals surface area contributed by atoms with E-state index in [2.05, 4.69) is 15.2 Å². The van der Waals surface area contributed by atoms with Crippen LogP contribution in [0.5, 0.6) is 0 Å². The van der Waals surface area contributed by atoms with Crippen LogP contribution in [-0.2, 0) is 6.54 Å². The first-order valence-corrected chi connectivity index (χ1v) is 9.68. The van der Waals surface area contributed by atoms with Crippen molar-refractivity contribution in [3.8, 4) is 11.5 Å². The Labute approximate surface area is 176 Å². The first-order valence-electron chi connectivity index (χ1n) is 9.30. The van der Waals surface area contributed by atoms with E-state index in [-0.39, 0.29) is 17.6 Å². The third kappa shape index (κ3) is 3.38. The zero-order valence-electron chi connectivity index (χ0n) is 15.7. The minimum atomic E-state index is -0.316. The summed E-state index contributed by atoms with van der Waals surface area (Å²) in [5, 5.41) is 9.48. The van der Waals surface area contributed by atoms with Crippen molar-refractivity contribution in [2.45, 2.75) is 6.54 Å². The van der Waals surface area contributed by atoms with Crippen LogP contribution in [0.15, 0.2) is 83.7 Å². The van der Waals surface area contributed by atoms with E-state index in [1.165, 1.54) is 0 Å². The van der Waals surface area contributed by atoms with Crippen LogP contribution >= 0.6 is 11.6 Å². The highest BCUT2D eigenvalue weighted by atomic mass is 35.5. The lowest BCUT2D eigenvalue weighted by Crippen LogP contribution is -2.02. The van der Waals surface area contributed by atoms with E-state index in [4.69, 9.17) is 16.0 Å². The summed E-state index contributed by atoms with van der Waals surface area (Å²) in [6.07, 6.45) is 5.09. The Kier molecular flexibility index (Phi) is 4.61. The summed E-state index contributed by atoms with van der Waals surface area (Å²) in [4.78, 5) is 17.2. The standard InChI is InChI=1S/C23H15ClN4O2/c24-17-9-7-15(8-10-17)13-28-14-19(18-5-1-2-6-20(18)28)21(29)23-27-26-22(30-23)16-4-3-11-25-12-16/h1-12,14H,13H2. The van der Waals surface area contributed by atoms with Crippen LogP contribution in [0.1, 0.15) is 21.8 Å². The van der Waals surface area contributed by atoms with Gasteiger partial charge < -0.3 is 8.98 Å². The lowest BCUT2D eigenvalue weighted by atomic mass is 10.1. The molecule has 0 atom stereocenters. The van der Waals surface area contributed by atoms with Crippen molar-refractivity contribution in [3.63, 3.8) is 0 Å². The molecule has 5 rings (SSSR count). The SMILES string of the molecule is O=C(c1nnc(-c2cccnc2)o1)c1cn(Cc2ccc(Cl)cc2)c2ccccc12. The molecule has 0 aliphatic carbocycles. The number of ketones is 1. The first kappa shape index (κ1) is 18.3. The van der Waals surface area contributed by atoms with Gasteiger partial charge in [-0.05, 0) is 35.9 Å². The number of carbonyl (C=O) groups excluding carboxylic acids is 1. The molecule has 0 saturated carbocycles. The van der Waals surface area contributed by atoms with E-state index in [0.717, 1.165) is 16.5 Å². The minimum absolute atomic E-state index is 0.0525. The molecule has 0 spiro atoms. The Balaban J connectivity index is 1.52. The Hall–Kier alpha value is -3.77. The fraction of sp³-hybridized carbons (Fsp3) is 0.0435. The van der Waals surface area contributed by atoms with E-state index < -0.39 is 0 Å². The summed E-state index contributed by atoms with van der Waals surface area (Å²) in [6.45, 7) is 0.607. The maximum absolute atomic E-state index is 13.2. The number of halogens is 1. The number of benzene rings is 2. The van der Waals surface area contributed by atoms with Gasteiger partial charge in [0.15, 0.2) is 0 Å². The molecule has 0 bridgehead atoms. The van der Waals surface area contributed by atoms with Crippen molar-refractivity contribution in [2.24, 2.45) is 0 Å². The number of aromatic nitrogens is 4. The van der Waals surface area contributed by atoms with Crippen molar-refractivity contribution in [1.82, 2.24) is 19.7 Å². The molecule has 5 aromatic rings. The maximum atomic E-state index is 13.2. The quantitative estimate of drug-likeness (QED) is 0.377. The number of rotatable bonds is 5. The molecule has 0 N–H and O–H groups in total. The van der Waals surface area contributed by atoms with Gasteiger partial charge in [-0.25, -0.2) is 0 Å². The van der Waals surface area contributed by atoms with Gasteiger partial charge in [0.2, 0.25) is 5.89 Å². The minimum Gasteiger partial charge on any atom is -0.413 e. The lowest BCUT2D eigenvalue weighted by molar-refractivity contribution is 0.100. The summed E-state index contributed by atoms with van der Waals surface area (Å²) >= 11 is 5.99. The number of pyridine rings is 1. The van der Waals surface area contributed by atoms with Crippen LogP contribution in [0, 0.1) is 0 Å². The van der Waals surface area contributed by atoms with E-state index in [0.29, 0.717) is 22.7 Å². The van der Waals surface area contributed by atoms with Gasteiger partial charge in [-0.3, -0.25) is 9.78 Å². The van der Waals surface area contributed by atoms with Crippen LogP contribution < -0.4 is 0 Å². The summed E-state index contributed by atoms with van der Waals surface area (Å²) in [5.74, 6) is -0.108. The van der Waals surface area contributed by atoms with Gasteiger partial charge in [0.25, 0.3) is 11.7 Å². The van der Waals surface area contributed by atoms with Crippen LogP contribution in [0.2, 0.25) is 5.02 Å². The predicted octanol–water partition coefficient (Wildman–Crippen LogP) is 5.02. The van der Waals surface area contributed by atoms with Gasteiger partial charge in [-0.2, -0.15) is 0 Å². The normalized spacial score (nSPS) is 11.1. The van der Waals surface area contributed by atoms with Gasteiger partial charge in [0.05, 0.1) is 11.1 Å². The van der Waals surface area contributed by atoms with E-state index in [1.807, 2.05) is 59.3 Å². The van der Waals surface area contributed by atoms with Gasteiger partial charge in [0, 0.05) is 41.1 Å². The van der Waals surface area contributed by atoms with E-state index >= 15 is 0 Å². The molecule has 0 fully saturated rings. The molecular formula is C23H15ClN4O2. The molecule has 2 aromatic carbocycles. The molecule has 0 saturated heterocycles.